The smallest absolute Gasteiger partial charge is 0.0554 e. The lowest BCUT2D eigenvalue weighted by molar-refractivity contribution is 1.16. The third-order valence-electron chi connectivity index (χ3n) is 2.52. The molecule has 0 aliphatic heterocycles. The Morgan fingerprint density at radius 2 is 1.93 bits per heavy atom. The predicted molar refractivity (Wildman–Crippen MR) is 68.0 cm³/mol. The van der Waals surface area contributed by atoms with Crippen molar-refractivity contribution in [2.75, 3.05) is 11.5 Å². The van der Waals surface area contributed by atoms with Crippen LogP contribution >= 0.6 is 11.3 Å². The predicted octanol–water partition coefficient (Wildman–Crippen LogP) is 3.14. The molecule has 0 aliphatic carbocycles. The fraction of sp³-hybridized carbons (Fsp3) is 0.167. The lowest BCUT2D eigenvalue weighted by atomic mass is 10.0. The molecule has 2 nitrogen and oxygen atoms in total. The van der Waals surface area contributed by atoms with Gasteiger partial charge in [-0.1, -0.05) is 13.0 Å². The molecular weight excluding hydrogens is 204 g/mol. The zero-order valence-corrected chi connectivity index (χ0v) is 9.47. The van der Waals surface area contributed by atoms with Crippen molar-refractivity contribution in [1.82, 2.24) is 0 Å². The van der Waals surface area contributed by atoms with E-state index in [0.717, 1.165) is 12.0 Å². The van der Waals surface area contributed by atoms with E-state index < -0.39 is 0 Å². The zero-order valence-electron chi connectivity index (χ0n) is 8.66. The van der Waals surface area contributed by atoms with E-state index >= 15 is 0 Å². The normalized spacial score (nSPS) is 10.5. The molecule has 0 saturated heterocycles. The lowest BCUT2D eigenvalue weighted by Crippen LogP contribution is -1.94. The molecule has 0 saturated carbocycles. The maximum atomic E-state index is 5.80. The molecule has 0 aliphatic rings. The van der Waals surface area contributed by atoms with Crippen molar-refractivity contribution in [2.45, 2.75) is 13.3 Å². The van der Waals surface area contributed by atoms with Gasteiger partial charge in [0.15, 0.2) is 0 Å². The van der Waals surface area contributed by atoms with Crippen LogP contribution in [0.25, 0.3) is 11.1 Å². The summed E-state index contributed by atoms with van der Waals surface area (Å²) < 4.78 is 0. The number of hydrogen-bond donors (Lipinski definition) is 2. The maximum absolute atomic E-state index is 5.80. The van der Waals surface area contributed by atoms with Crippen LogP contribution in [0.4, 0.5) is 11.4 Å². The Kier molecular flexibility index (Phi) is 2.64. The molecule has 4 N–H and O–H groups in total. The van der Waals surface area contributed by atoms with E-state index in [1.54, 1.807) is 11.3 Å². The summed E-state index contributed by atoms with van der Waals surface area (Å²) in [6, 6.07) is 5.82. The minimum absolute atomic E-state index is 0.645. The SMILES string of the molecule is CCc1cscc1-c1ccc(N)c(N)c1. The number of aryl methyl sites for hydroxylation is 1. The third kappa shape index (κ3) is 1.83. The minimum Gasteiger partial charge on any atom is -0.397 e. The Labute approximate surface area is 93.5 Å². The van der Waals surface area contributed by atoms with E-state index in [9.17, 15) is 0 Å². The lowest BCUT2D eigenvalue weighted by Gasteiger charge is -2.05. The monoisotopic (exact) mass is 218 g/mol. The van der Waals surface area contributed by atoms with Gasteiger partial charge in [0, 0.05) is 0 Å². The van der Waals surface area contributed by atoms with E-state index in [4.69, 9.17) is 11.5 Å². The van der Waals surface area contributed by atoms with Gasteiger partial charge in [0.2, 0.25) is 0 Å². The molecule has 1 aromatic carbocycles. The topological polar surface area (TPSA) is 52.0 Å². The summed E-state index contributed by atoms with van der Waals surface area (Å²) in [7, 11) is 0. The molecule has 0 bridgehead atoms. The Balaban J connectivity index is 2.50. The van der Waals surface area contributed by atoms with Gasteiger partial charge in [0.25, 0.3) is 0 Å². The number of anilines is 2. The van der Waals surface area contributed by atoms with Gasteiger partial charge in [-0.25, -0.2) is 0 Å². The maximum Gasteiger partial charge on any atom is 0.0554 e. The van der Waals surface area contributed by atoms with Crippen LogP contribution in [0, 0.1) is 0 Å². The molecular formula is C12H14N2S. The number of thiophene rings is 1. The van der Waals surface area contributed by atoms with Crippen LogP contribution in [0.15, 0.2) is 29.0 Å². The zero-order chi connectivity index (χ0) is 10.8. The van der Waals surface area contributed by atoms with Gasteiger partial charge in [-0.15, -0.1) is 0 Å². The van der Waals surface area contributed by atoms with Gasteiger partial charge in [-0.2, -0.15) is 11.3 Å². The van der Waals surface area contributed by atoms with E-state index in [1.165, 1.54) is 11.1 Å². The molecule has 0 fully saturated rings. The Bertz CT molecular complexity index is 474. The largest absolute Gasteiger partial charge is 0.397 e. The average Bonchev–Trinajstić information content (AvgIpc) is 2.70. The van der Waals surface area contributed by atoms with E-state index in [-0.39, 0.29) is 0 Å². The van der Waals surface area contributed by atoms with Crippen LogP contribution in [-0.2, 0) is 6.42 Å². The number of nitrogens with two attached hydrogens (primary N) is 2. The van der Waals surface area contributed by atoms with Gasteiger partial charge in [0.05, 0.1) is 11.4 Å². The molecule has 0 radical (unpaired) electrons. The average molecular weight is 218 g/mol. The van der Waals surface area contributed by atoms with Crippen molar-refractivity contribution in [1.29, 1.82) is 0 Å². The fourth-order valence-corrected chi connectivity index (χ4v) is 2.54. The van der Waals surface area contributed by atoms with Gasteiger partial charge >= 0.3 is 0 Å². The number of nitrogen functional groups attached to an aromatic ring is 2. The second-order valence-electron chi connectivity index (χ2n) is 3.51. The van der Waals surface area contributed by atoms with Crippen LogP contribution in [0.1, 0.15) is 12.5 Å². The van der Waals surface area contributed by atoms with Crippen LogP contribution in [-0.4, -0.2) is 0 Å². The molecule has 2 rings (SSSR count). The first kappa shape index (κ1) is 10.1. The molecule has 1 heterocycles. The Morgan fingerprint density at radius 1 is 1.13 bits per heavy atom. The molecule has 78 valence electrons. The Morgan fingerprint density at radius 3 is 2.60 bits per heavy atom. The summed E-state index contributed by atoms with van der Waals surface area (Å²) in [4.78, 5) is 0. The van der Waals surface area contributed by atoms with E-state index in [1.807, 2.05) is 18.2 Å². The number of rotatable bonds is 2. The van der Waals surface area contributed by atoms with Crippen molar-refractivity contribution >= 4 is 22.7 Å². The summed E-state index contributed by atoms with van der Waals surface area (Å²) in [5.74, 6) is 0. The van der Waals surface area contributed by atoms with Gasteiger partial charge in [-0.3, -0.25) is 0 Å². The highest BCUT2D eigenvalue weighted by molar-refractivity contribution is 7.08. The van der Waals surface area contributed by atoms with Crippen molar-refractivity contribution < 1.29 is 0 Å². The highest BCUT2D eigenvalue weighted by Crippen LogP contribution is 2.30. The Hall–Kier alpha value is -1.48. The third-order valence-corrected chi connectivity index (χ3v) is 3.31. The summed E-state index contributed by atoms with van der Waals surface area (Å²) in [6.07, 6.45) is 1.04. The molecule has 2 aromatic rings. The molecule has 3 heteroatoms. The van der Waals surface area contributed by atoms with E-state index in [2.05, 4.69) is 17.7 Å². The van der Waals surface area contributed by atoms with Crippen molar-refractivity contribution in [3.8, 4) is 11.1 Å². The van der Waals surface area contributed by atoms with Crippen molar-refractivity contribution in [2.24, 2.45) is 0 Å². The summed E-state index contributed by atoms with van der Waals surface area (Å²) in [6.45, 7) is 2.16. The second-order valence-corrected chi connectivity index (χ2v) is 4.25. The molecule has 1 aromatic heterocycles. The van der Waals surface area contributed by atoms with Crippen LogP contribution in [0.2, 0.25) is 0 Å². The molecule has 0 unspecified atom stereocenters. The molecule has 15 heavy (non-hydrogen) atoms. The van der Waals surface area contributed by atoms with Gasteiger partial charge < -0.3 is 11.5 Å². The first-order valence-corrected chi connectivity index (χ1v) is 5.87. The second kappa shape index (κ2) is 3.95. The van der Waals surface area contributed by atoms with Crippen molar-refractivity contribution in [3.63, 3.8) is 0 Å². The van der Waals surface area contributed by atoms with Crippen molar-refractivity contribution in [3.05, 3.63) is 34.5 Å². The summed E-state index contributed by atoms with van der Waals surface area (Å²) in [5.41, 5.74) is 16.6. The standard InChI is InChI=1S/C12H14N2S/c1-2-8-6-15-7-10(8)9-3-4-11(13)12(14)5-9/h3-7H,2,13-14H2,1H3. The fourth-order valence-electron chi connectivity index (χ4n) is 1.59. The van der Waals surface area contributed by atoms with Crippen LogP contribution in [0.3, 0.4) is 0 Å². The highest BCUT2D eigenvalue weighted by atomic mass is 32.1. The quantitative estimate of drug-likeness (QED) is 0.761. The highest BCUT2D eigenvalue weighted by Gasteiger charge is 2.05. The van der Waals surface area contributed by atoms with Gasteiger partial charge in [-0.05, 0) is 46.0 Å². The minimum atomic E-state index is 0.645. The number of benzene rings is 1. The van der Waals surface area contributed by atoms with Crippen LogP contribution < -0.4 is 11.5 Å². The molecule has 0 spiro atoms. The van der Waals surface area contributed by atoms with E-state index in [0.29, 0.717) is 11.4 Å². The number of hydrogen-bond acceptors (Lipinski definition) is 3. The van der Waals surface area contributed by atoms with Gasteiger partial charge in [0.1, 0.15) is 0 Å². The first-order chi connectivity index (χ1) is 7.22. The molecule has 0 atom stereocenters. The first-order valence-electron chi connectivity index (χ1n) is 4.92. The molecule has 0 amide bonds. The van der Waals surface area contributed by atoms with Crippen LogP contribution in [0.5, 0.6) is 0 Å². The summed E-state index contributed by atoms with van der Waals surface area (Å²) in [5, 5.41) is 4.34. The summed E-state index contributed by atoms with van der Waals surface area (Å²) >= 11 is 1.72.